The zero-order valence-electron chi connectivity index (χ0n) is 17.1. The summed E-state index contributed by atoms with van der Waals surface area (Å²) in [6.07, 6.45) is -3.86. The normalized spacial score (nSPS) is 27.6. The van der Waals surface area contributed by atoms with Gasteiger partial charge in [-0.2, -0.15) is 0 Å². The van der Waals surface area contributed by atoms with Crippen molar-refractivity contribution in [1.82, 2.24) is 4.90 Å². The molecule has 2 heterocycles. The van der Waals surface area contributed by atoms with Crippen LogP contribution in [0.4, 0.5) is 0 Å². The van der Waals surface area contributed by atoms with Gasteiger partial charge >= 0.3 is 11.9 Å². The third kappa shape index (κ3) is 4.50. The Morgan fingerprint density at radius 1 is 1.16 bits per heavy atom. The highest BCUT2D eigenvalue weighted by molar-refractivity contribution is 6.21. The van der Waals surface area contributed by atoms with Gasteiger partial charge < -0.3 is 24.1 Å². The van der Waals surface area contributed by atoms with Crippen molar-refractivity contribution in [2.75, 3.05) is 13.2 Å². The molecular weight excluding hydrogens is 410 g/mol. The minimum atomic E-state index is -1.57. The minimum Gasteiger partial charge on any atom is -0.463 e. The van der Waals surface area contributed by atoms with Crippen molar-refractivity contribution in [1.29, 1.82) is 0 Å². The molecule has 0 radical (unpaired) electrons. The molecule has 0 saturated carbocycles. The molecule has 2 aliphatic heterocycles. The van der Waals surface area contributed by atoms with Gasteiger partial charge in [0.05, 0.1) is 17.7 Å². The first-order valence-corrected chi connectivity index (χ1v) is 9.59. The molecule has 2 amide bonds. The lowest BCUT2D eigenvalue weighted by atomic mass is 9.95. The molecule has 0 aromatic heterocycles. The number of fused-ring (bicyclic) bond motifs is 1. The molecule has 0 aliphatic carbocycles. The number of rotatable bonds is 7. The average molecular weight is 433 g/mol. The molecule has 3 rings (SSSR count). The van der Waals surface area contributed by atoms with Crippen LogP contribution < -0.4 is 0 Å². The number of benzene rings is 1. The van der Waals surface area contributed by atoms with Gasteiger partial charge in [0.15, 0.2) is 12.4 Å². The van der Waals surface area contributed by atoms with Crippen LogP contribution in [0.25, 0.3) is 0 Å². The average Bonchev–Trinajstić information content (AvgIpc) is 2.97. The van der Waals surface area contributed by atoms with E-state index < -0.39 is 54.4 Å². The van der Waals surface area contributed by atoms with E-state index in [1.165, 1.54) is 25.1 Å². The van der Waals surface area contributed by atoms with Gasteiger partial charge in [0.25, 0.3) is 11.8 Å². The van der Waals surface area contributed by atoms with Crippen molar-refractivity contribution in [2.45, 2.75) is 44.5 Å². The first kappa shape index (κ1) is 22.6. The van der Waals surface area contributed by atoms with E-state index in [4.69, 9.17) is 18.9 Å². The number of amides is 2. The Kier molecular flexibility index (Phi) is 6.84. The highest BCUT2D eigenvalue weighted by atomic mass is 16.7. The highest BCUT2D eigenvalue weighted by Gasteiger charge is 2.55. The Morgan fingerprint density at radius 3 is 2.29 bits per heavy atom. The molecule has 31 heavy (non-hydrogen) atoms. The molecule has 1 aromatic carbocycles. The molecular formula is C21H23NO9. The van der Waals surface area contributed by atoms with Crippen molar-refractivity contribution in [3.8, 4) is 0 Å². The molecule has 10 nitrogen and oxygen atoms in total. The summed E-state index contributed by atoms with van der Waals surface area (Å²) in [4.78, 5) is 49.7. The van der Waals surface area contributed by atoms with E-state index in [2.05, 4.69) is 6.58 Å². The van der Waals surface area contributed by atoms with Gasteiger partial charge in [-0.3, -0.25) is 24.1 Å². The lowest BCUT2D eigenvalue weighted by Crippen LogP contribution is -2.66. The van der Waals surface area contributed by atoms with E-state index in [-0.39, 0.29) is 24.3 Å². The lowest BCUT2D eigenvalue weighted by molar-refractivity contribution is -0.280. The van der Waals surface area contributed by atoms with Gasteiger partial charge in [-0.25, -0.2) is 0 Å². The molecule has 1 fully saturated rings. The smallest absolute Gasteiger partial charge is 0.303 e. The Bertz CT molecular complexity index is 864. The predicted molar refractivity (Wildman–Crippen MR) is 104 cm³/mol. The van der Waals surface area contributed by atoms with E-state index in [0.717, 1.165) is 11.8 Å². The van der Waals surface area contributed by atoms with Gasteiger partial charge in [-0.1, -0.05) is 18.2 Å². The third-order valence-electron chi connectivity index (χ3n) is 4.90. The Hall–Kier alpha value is -3.08. The molecule has 1 aromatic rings. The molecule has 1 saturated heterocycles. The number of nitrogens with zero attached hydrogens (tertiary/aromatic N) is 1. The molecule has 1 N–H and O–H groups in total. The van der Waals surface area contributed by atoms with Crippen LogP contribution in [0.2, 0.25) is 0 Å². The molecule has 10 heteroatoms. The molecule has 0 spiro atoms. The van der Waals surface area contributed by atoms with E-state index in [1.54, 1.807) is 12.1 Å². The van der Waals surface area contributed by atoms with Crippen LogP contribution in [-0.2, 0) is 28.5 Å². The van der Waals surface area contributed by atoms with Crippen LogP contribution in [-0.4, -0.2) is 77.6 Å². The summed E-state index contributed by atoms with van der Waals surface area (Å²) in [5, 5.41) is 11.1. The van der Waals surface area contributed by atoms with Gasteiger partial charge in [0.1, 0.15) is 24.9 Å². The maximum atomic E-state index is 13.0. The number of hydrogen-bond acceptors (Lipinski definition) is 9. The van der Waals surface area contributed by atoms with Gasteiger partial charge in [0.2, 0.25) is 0 Å². The summed E-state index contributed by atoms with van der Waals surface area (Å²) in [6.45, 7) is 5.51. The number of ether oxygens (including phenoxy) is 4. The Labute approximate surface area is 178 Å². The fourth-order valence-electron chi connectivity index (χ4n) is 3.63. The van der Waals surface area contributed by atoms with Crippen molar-refractivity contribution in [3.05, 3.63) is 48.0 Å². The summed E-state index contributed by atoms with van der Waals surface area (Å²) in [7, 11) is 0. The summed E-state index contributed by atoms with van der Waals surface area (Å²) in [5.41, 5.74) is 0.349. The Balaban J connectivity index is 1.97. The second-order valence-corrected chi connectivity index (χ2v) is 7.05. The van der Waals surface area contributed by atoms with Crippen LogP contribution in [0.15, 0.2) is 36.9 Å². The van der Waals surface area contributed by atoms with Gasteiger partial charge in [-0.05, 0) is 12.1 Å². The van der Waals surface area contributed by atoms with E-state index in [1.807, 2.05) is 0 Å². The minimum absolute atomic E-state index is 0.0183. The van der Waals surface area contributed by atoms with Crippen LogP contribution in [0.3, 0.4) is 0 Å². The van der Waals surface area contributed by atoms with Crippen molar-refractivity contribution < 1.29 is 43.2 Å². The quantitative estimate of drug-likeness (QED) is 0.370. The van der Waals surface area contributed by atoms with Crippen LogP contribution >= 0.6 is 0 Å². The zero-order valence-corrected chi connectivity index (χ0v) is 17.1. The highest BCUT2D eigenvalue weighted by Crippen LogP contribution is 2.33. The van der Waals surface area contributed by atoms with E-state index in [9.17, 15) is 24.3 Å². The number of aliphatic hydroxyl groups is 1. The third-order valence-corrected chi connectivity index (χ3v) is 4.90. The number of hydrogen-bond donors (Lipinski definition) is 1. The molecule has 2 aliphatic rings. The largest absolute Gasteiger partial charge is 0.463 e. The maximum absolute atomic E-state index is 13.0. The molecule has 166 valence electrons. The van der Waals surface area contributed by atoms with E-state index >= 15 is 0 Å². The van der Waals surface area contributed by atoms with Gasteiger partial charge in [-0.15, -0.1) is 6.58 Å². The van der Waals surface area contributed by atoms with Crippen molar-refractivity contribution in [3.63, 3.8) is 0 Å². The van der Waals surface area contributed by atoms with Crippen molar-refractivity contribution >= 4 is 23.8 Å². The fraction of sp³-hybridized carbons (Fsp3) is 0.429. The monoisotopic (exact) mass is 433 g/mol. The standard InChI is InChI=1S/C21H23NO9/c1-4-9-28-21-16(22-19(26)13-7-5-6-8-14(13)20(22)27)17(25)18(30-12(3)24)15(31-21)10-29-11(2)23/h4-8,15-18,21,25H,1,9-10H2,2-3H3/t15-,16-,17-,18-,21-/m1/s1. The van der Waals surface area contributed by atoms with Crippen LogP contribution in [0, 0.1) is 0 Å². The van der Waals surface area contributed by atoms with E-state index in [0.29, 0.717) is 0 Å². The number of carbonyl (C=O) groups is 4. The summed E-state index contributed by atoms with van der Waals surface area (Å²) in [5.74, 6) is -2.61. The Morgan fingerprint density at radius 2 is 1.77 bits per heavy atom. The summed E-state index contributed by atoms with van der Waals surface area (Å²) in [6, 6.07) is 4.90. The predicted octanol–water partition coefficient (Wildman–Crippen LogP) is 0.434. The second kappa shape index (κ2) is 9.38. The van der Waals surface area contributed by atoms with Crippen molar-refractivity contribution in [2.24, 2.45) is 0 Å². The topological polar surface area (TPSA) is 129 Å². The molecule has 0 bridgehead atoms. The molecule has 5 atom stereocenters. The summed E-state index contributed by atoms with van der Waals surface area (Å²) >= 11 is 0. The number of imide groups is 1. The SMILES string of the molecule is C=CCO[C@@H]1O[C@H](COC(C)=O)[C@@H](OC(C)=O)[C@H](O)[C@H]1N1C(=O)c2ccccc2C1=O. The first-order chi connectivity index (χ1) is 14.8. The first-order valence-electron chi connectivity index (χ1n) is 9.59. The number of carbonyl (C=O) groups excluding carboxylic acids is 4. The van der Waals surface area contributed by atoms with Crippen LogP contribution in [0.5, 0.6) is 0 Å². The van der Waals surface area contributed by atoms with Gasteiger partial charge in [0, 0.05) is 13.8 Å². The van der Waals surface area contributed by atoms with Crippen LogP contribution in [0.1, 0.15) is 34.6 Å². The number of aliphatic hydroxyl groups excluding tert-OH is 1. The fourth-order valence-corrected chi connectivity index (χ4v) is 3.63. The zero-order chi connectivity index (χ0) is 22.7. The lowest BCUT2D eigenvalue weighted by Gasteiger charge is -2.45. The summed E-state index contributed by atoms with van der Waals surface area (Å²) < 4.78 is 21.6. The second-order valence-electron chi connectivity index (χ2n) is 7.05. The maximum Gasteiger partial charge on any atom is 0.303 e. The number of esters is 2. The molecule has 0 unspecified atom stereocenters.